The summed E-state index contributed by atoms with van der Waals surface area (Å²) < 4.78 is 14.8. The van der Waals surface area contributed by atoms with E-state index >= 15 is 0 Å². The highest BCUT2D eigenvalue weighted by molar-refractivity contribution is 6.27. The van der Waals surface area contributed by atoms with E-state index in [9.17, 15) is 0 Å². The van der Waals surface area contributed by atoms with Crippen molar-refractivity contribution in [1.29, 1.82) is 0 Å². The van der Waals surface area contributed by atoms with Crippen LogP contribution < -0.4 is 0 Å². The summed E-state index contributed by atoms with van der Waals surface area (Å²) in [6, 6.07) is 47.7. The fraction of sp³-hybridized carbons (Fsp3) is 0. The van der Waals surface area contributed by atoms with Crippen LogP contribution in [0.1, 0.15) is 0 Å². The molecule has 10 rings (SSSR count). The van der Waals surface area contributed by atoms with Crippen LogP contribution in [0.3, 0.4) is 0 Å². The molecule has 0 aliphatic rings. The van der Waals surface area contributed by atoms with E-state index < -0.39 is 0 Å². The molecule has 0 unspecified atom stereocenters. The number of benzene rings is 6. The number of fused-ring (bicyclic) bond motifs is 10. The maximum atomic E-state index is 6.30. The summed E-state index contributed by atoms with van der Waals surface area (Å²) in [6.45, 7) is 0. The van der Waals surface area contributed by atoms with Gasteiger partial charge in [0.25, 0.3) is 0 Å². The topological polar surface area (TPSA) is 57.0 Å². The molecule has 4 heterocycles. The number of para-hydroxylation sites is 3. The molecule has 0 aliphatic heterocycles. The van der Waals surface area contributed by atoms with Crippen LogP contribution in [-0.4, -0.2) is 14.5 Å². The highest BCUT2D eigenvalue weighted by Gasteiger charge is 2.21. The van der Waals surface area contributed by atoms with Crippen LogP contribution in [0.2, 0.25) is 0 Å². The van der Waals surface area contributed by atoms with Crippen molar-refractivity contribution in [2.24, 2.45) is 0 Å². The Morgan fingerprint density at radius 2 is 1.09 bits per heavy atom. The van der Waals surface area contributed by atoms with E-state index in [0.717, 1.165) is 88.3 Å². The summed E-state index contributed by atoms with van der Waals surface area (Å²) in [5.74, 6) is 1.44. The van der Waals surface area contributed by atoms with Gasteiger partial charge in [-0.2, -0.15) is 0 Å². The predicted octanol–water partition coefficient (Wildman–Crippen LogP) is 10.7. The Kier molecular flexibility index (Phi) is 4.93. The van der Waals surface area contributed by atoms with Crippen molar-refractivity contribution in [3.63, 3.8) is 0 Å². The molecular weight excluding hydrogens is 554 g/mol. The summed E-state index contributed by atoms with van der Waals surface area (Å²) in [5, 5.41) is 6.58. The lowest BCUT2D eigenvalue weighted by Gasteiger charge is -2.12. The molecular formula is C40H23N3O2. The lowest BCUT2D eigenvalue weighted by Crippen LogP contribution is -2.02. The van der Waals surface area contributed by atoms with Gasteiger partial charge in [-0.15, -0.1) is 0 Å². The van der Waals surface area contributed by atoms with Gasteiger partial charge in [0.1, 0.15) is 28.1 Å². The van der Waals surface area contributed by atoms with Gasteiger partial charge in [0.05, 0.1) is 16.7 Å². The zero-order valence-corrected chi connectivity index (χ0v) is 23.9. The fourth-order valence-corrected chi connectivity index (χ4v) is 6.91. The van der Waals surface area contributed by atoms with Crippen molar-refractivity contribution in [3.05, 3.63) is 140 Å². The smallest absolute Gasteiger partial charge is 0.162 e. The molecule has 5 nitrogen and oxygen atoms in total. The Hall–Kier alpha value is -6.20. The van der Waals surface area contributed by atoms with E-state index in [1.165, 1.54) is 0 Å². The maximum Gasteiger partial charge on any atom is 0.162 e. The Labute approximate surface area is 256 Å². The summed E-state index contributed by atoms with van der Waals surface area (Å²) >= 11 is 0. The van der Waals surface area contributed by atoms with Crippen LogP contribution >= 0.6 is 0 Å². The molecule has 6 aromatic carbocycles. The summed E-state index contributed by atoms with van der Waals surface area (Å²) in [6.07, 6.45) is 0. The predicted molar refractivity (Wildman–Crippen MR) is 182 cm³/mol. The molecule has 0 bridgehead atoms. The lowest BCUT2D eigenvalue weighted by molar-refractivity contribution is 0.668. The number of hydrogen-bond acceptors (Lipinski definition) is 4. The molecule has 0 amide bonds. The zero-order chi connectivity index (χ0) is 29.5. The van der Waals surface area contributed by atoms with Crippen molar-refractivity contribution >= 4 is 65.7 Å². The average molecular weight is 578 g/mol. The van der Waals surface area contributed by atoms with E-state index in [-0.39, 0.29) is 0 Å². The molecule has 0 radical (unpaired) electrons. The molecule has 4 aromatic heterocycles. The molecule has 0 fully saturated rings. The second kappa shape index (κ2) is 9.15. The number of furan rings is 2. The Morgan fingerprint density at radius 1 is 0.444 bits per heavy atom. The van der Waals surface area contributed by atoms with Crippen molar-refractivity contribution in [2.75, 3.05) is 0 Å². The molecule has 0 aliphatic carbocycles. The quantitative estimate of drug-likeness (QED) is 0.210. The first-order valence-corrected chi connectivity index (χ1v) is 15.0. The monoisotopic (exact) mass is 577 g/mol. The molecule has 0 N–H and O–H groups in total. The van der Waals surface area contributed by atoms with Gasteiger partial charge in [-0.25, -0.2) is 9.97 Å². The normalized spacial score (nSPS) is 12.0. The lowest BCUT2D eigenvalue weighted by atomic mass is 10.0. The SMILES string of the molecule is c1ccc(-c2cc(-n3c4ccccc4c4c5c(ccc43)oc3ccccc35)nc(-c3cccc4oc5ccccc5c34)n2)cc1. The number of hydrogen-bond donors (Lipinski definition) is 0. The third kappa shape index (κ3) is 3.49. The van der Waals surface area contributed by atoms with Crippen LogP contribution in [-0.2, 0) is 0 Å². The first-order valence-electron chi connectivity index (χ1n) is 15.0. The van der Waals surface area contributed by atoms with Crippen LogP contribution in [0.15, 0.2) is 148 Å². The summed E-state index contributed by atoms with van der Waals surface area (Å²) in [5.41, 5.74) is 8.35. The van der Waals surface area contributed by atoms with Gasteiger partial charge >= 0.3 is 0 Å². The highest BCUT2D eigenvalue weighted by atomic mass is 16.3. The molecule has 0 saturated heterocycles. The van der Waals surface area contributed by atoms with Gasteiger partial charge in [0.2, 0.25) is 0 Å². The van der Waals surface area contributed by atoms with Crippen molar-refractivity contribution in [2.45, 2.75) is 0 Å². The standard InChI is InChI=1S/C40H23N3O2/c1-2-11-24(12-3-1)29-23-36(42-40(41-29)28-16-10-20-34-37(28)26-14-5-8-18-32(26)44-34)43-30-17-7-4-13-25(30)38-31(43)21-22-35-39(38)27-15-6-9-19-33(27)45-35/h1-23H. The van der Waals surface area contributed by atoms with Gasteiger partial charge in [-0.3, -0.25) is 4.57 Å². The van der Waals surface area contributed by atoms with Crippen molar-refractivity contribution in [3.8, 4) is 28.5 Å². The second-order valence-electron chi connectivity index (χ2n) is 11.4. The Bertz CT molecular complexity index is 2770. The van der Waals surface area contributed by atoms with E-state index in [0.29, 0.717) is 5.82 Å². The molecule has 10 aromatic rings. The Morgan fingerprint density at radius 3 is 1.89 bits per heavy atom. The number of aromatic nitrogens is 3. The average Bonchev–Trinajstić information content (AvgIpc) is 3.77. The van der Waals surface area contributed by atoms with E-state index in [4.69, 9.17) is 18.8 Å². The third-order valence-electron chi connectivity index (χ3n) is 8.83. The highest BCUT2D eigenvalue weighted by Crippen LogP contribution is 2.42. The first kappa shape index (κ1) is 24.3. The second-order valence-corrected chi connectivity index (χ2v) is 11.4. The van der Waals surface area contributed by atoms with Crippen molar-refractivity contribution < 1.29 is 8.83 Å². The number of rotatable bonds is 3. The minimum absolute atomic E-state index is 0.643. The minimum atomic E-state index is 0.643. The van der Waals surface area contributed by atoms with E-state index in [2.05, 4.69) is 83.4 Å². The molecule has 0 spiro atoms. The van der Waals surface area contributed by atoms with Crippen LogP contribution in [0.5, 0.6) is 0 Å². The number of nitrogens with zero attached hydrogens (tertiary/aromatic N) is 3. The zero-order valence-electron chi connectivity index (χ0n) is 23.9. The van der Waals surface area contributed by atoms with Gasteiger partial charge in [-0.05, 0) is 36.4 Å². The minimum Gasteiger partial charge on any atom is -0.456 e. The fourth-order valence-electron chi connectivity index (χ4n) is 6.91. The van der Waals surface area contributed by atoms with Gasteiger partial charge in [0.15, 0.2) is 5.82 Å². The maximum absolute atomic E-state index is 6.30. The van der Waals surface area contributed by atoms with Crippen LogP contribution in [0.4, 0.5) is 0 Å². The van der Waals surface area contributed by atoms with Gasteiger partial charge < -0.3 is 8.83 Å². The first-order chi connectivity index (χ1) is 22.3. The van der Waals surface area contributed by atoms with Gasteiger partial charge in [-0.1, -0.05) is 97.1 Å². The van der Waals surface area contributed by atoms with Crippen LogP contribution in [0, 0.1) is 0 Å². The van der Waals surface area contributed by atoms with Gasteiger partial charge in [0, 0.05) is 49.5 Å². The third-order valence-corrected chi connectivity index (χ3v) is 8.83. The molecule has 210 valence electrons. The molecule has 0 atom stereocenters. The van der Waals surface area contributed by atoms with E-state index in [1.807, 2.05) is 60.7 Å². The van der Waals surface area contributed by atoms with Crippen LogP contribution in [0.25, 0.3) is 94.1 Å². The molecule has 45 heavy (non-hydrogen) atoms. The largest absolute Gasteiger partial charge is 0.456 e. The summed E-state index contributed by atoms with van der Waals surface area (Å²) in [7, 11) is 0. The van der Waals surface area contributed by atoms with E-state index in [1.54, 1.807) is 0 Å². The van der Waals surface area contributed by atoms with Crippen molar-refractivity contribution in [1.82, 2.24) is 14.5 Å². The molecule has 0 saturated carbocycles. The molecule has 5 heteroatoms. The Balaban J connectivity index is 1.33. The summed E-state index contributed by atoms with van der Waals surface area (Å²) in [4.78, 5) is 10.5.